The Bertz CT molecular complexity index is 584. The van der Waals surface area contributed by atoms with Crippen LogP contribution in [0.4, 0.5) is 4.79 Å². The van der Waals surface area contributed by atoms with E-state index < -0.39 is 5.97 Å². The number of rotatable bonds is 8. The Morgan fingerprint density at radius 1 is 1.17 bits per heavy atom. The third-order valence-corrected chi connectivity index (χ3v) is 3.41. The number of carbonyl (C=O) groups excluding carboxylic acids is 2. The van der Waals surface area contributed by atoms with Crippen LogP contribution < -0.4 is 16.0 Å². The van der Waals surface area contributed by atoms with E-state index >= 15 is 0 Å². The van der Waals surface area contributed by atoms with Gasteiger partial charge in [-0.05, 0) is 37.0 Å². The van der Waals surface area contributed by atoms with Crippen molar-refractivity contribution in [1.82, 2.24) is 16.0 Å². The van der Waals surface area contributed by atoms with Crippen molar-refractivity contribution in [1.29, 1.82) is 0 Å². The zero-order chi connectivity index (χ0) is 16.7. The maximum Gasteiger partial charge on any atom is 0.315 e. The second-order valence-corrected chi connectivity index (χ2v) is 5.55. The van der Waals surface area contributed by atoms with Gasteiger partial charge in [0.25, 0.3) is 5.91 Å². The third kappa shape index (κ3) is 6.37. The zero-order valence-corrected chi connectivity index (χ0v) is 12.8. The normalized spacial score (nSPS) is 13.2. The smallest absolute Gasteiger partial charge is 0.315 e. The Hall–Kier alpha value is -2.57. The quantitative estimate of drug-likeness (QED) is 0.541. The van der Waals surface area contributed by atoms with Crippen molar-refractivity contribution in [2.75, 3.05) is 6.54 Å². The van der Waals surface area contributed by atoms with Gasteiger partial charge in [0.05, 0.1) is 0 Å². The Kier molecular flexibility index (Phi) is 5.96. The van der Waals surface area contributed by atoms with Crippen LogP contribution in [-0.4, -0.2) is 35.6 Å². The van der Waals surface area contributed by atoms with Crippen molar-refractivity contribution in [2.24, 2.45) is 0 Å². The Morgan fingerprint density at radius 2 is 1.96 bits per heavy atom. The van der Waals surface area contributed by atoms with E-state index in [1.165, 1.54) is 0 Å². The lowest BCUT2D eigenvalue weighted by atomic mass is 10.1. The summed E-state index contributed by atoms with van der Waals surface area (Å²) < 4.78 is 0. The maximum atomic E-state index is 12.0. The van der Waals surface area contributed by atoms with Crippen molar-refractivity contribution in [2.45, 2.75) is 38.3 Å². The van der Waals surface area contributed by atoms with Crippen LogP contribution in [0.5, 0.6) is 0 Å². The van der Waals surface area contributed by atoms with Crippen LogP contribution in [0, 0.1) is 0 Å². The summed E-state index contributed by atoms with van der Waals surface area (Å²) in [4.78, 5) is 33.9. The van der Waals surface area contributed by atoms with Crippen LogP contribution in [-0.2, 0) is 11.3 Å². The van der Waals surface area contributed by atoms with Gasteiger partial charge in [-0.2, -0.15) is 0 Å². The summed E-state index contributed by atoms with van der Waals surface area (Å²) in [5, 5.41) is 16.7. The Balaban J connectivity index is 1.73. The molecule has 0 bridgehead atoms. The van der Waals surface area contributed by atoms with Gasteiger partial charge >= 0.3 is 12.0 Å². The fourth-order valence-corrected chi connectivity index (χ4v) is 2.01. The number of amides is 3. The lowest BCUT2D eigenvalue weighted by Gasteiger charge is -2.09. The van der Waals surface area contributed by atoms with E-state index in [4.69, 9.17) is 5.11 Å². The fourth-order valence-electron chi connectivity index (χ4n) is 2.01. The molecular weight excluding hydrogens is 298 g/mol. The van der Waals surface area contributed by atoms with Crippen molar-refractivity contribution in [3.8, 4) is 0 Å². The van der Waals surface area contributed by atoms with E-state index in [1.54, 1.807) is 18.2 Å². The standard InChI is InChI=1S/C16H21N3O4/c20-14(21)5-2-8-17-16(23)18-10-11-3-1-4-12(9-11)15(22)19-13-6-7-13/h1,3-4,9,13H,2,5-8,10H2,(H,19,22)(H,20,21)(H2,17,18,23). The molecule has 0 saturated heterocycles. The van der Waals surface area contributed by atoms with Gasteiger partial charge in [0, 0.05) is 31.1 Å². The highest BCUT2D eigenvalue weighted by molar-refractivity contribution is 5.94. The van der Waals surface area contributed by atoms with Gasteiger partial charge in [-0.3, -0.25) is 9.59 Å². The van der Waals surface area contributed by atoms with Gasteiger partial charge in [-0.15, -0.1) is 0 Å². The fraction of sp³-hybridized carbons (Fsp3) is 0.438. The number of aliphatic carboxylic acids is 1. The number of urea groups is 1. The highest BCUT2D eigenvalue weighted by Gasteiger charge is 2.23. The van der Waals surface area contributed by atoms with Gasteiger partial charge in [0.1, 0.15) is 0 Å². The van der Waals surface area contributed by atoms with Crippen LogP contribution in [0.3, 0.4) is 0 Å². The molecule has 3 amide bonds. The molecule has 2 rings (SSSR count). The maximum absolute atomic E-state index is 12.0. The number of benzene rings is 1. The van der Waals surface area contributed by atoms with Gasteiger partial charge in [0.15, 0.2) is 0 Å². The molecule has 124 valence electrons. The van der Waals surface area contributed by atoms with Gasteiger partial charge in [-0.1, -0.05) is 12.1 Å². The molecule has 1 aromatic carbocycles. The van der Waals surface area contributed by atoms with Crippen molar-refractivity contribution in [3.63, 3.8) is 0 Å². The predicted molar refractivity (Wildman–Crippen MR) is 84.0 cm³/mol. The lowest BCUT2D eigenvalue weighted by molar-refractivity contribution is -0.137. The van der Waals surface area contributed by atoms with E-state index in [2.05, 4.69) is 16.0 Å². The molecule has 1 saturated carbocycles. The molecule has 0 unspecified atom stereocenters. The number of carboxylic acid groups (broad SMARTS) is 1. The van der Waals surface area contributed by atoms with E-state index in [9.17, 15) is 14.4 Å². The third-order valence-electron chi connectivity index (χ3n) is 3.41. The molecule has 1 aliphatic rings. The molecule has 1 fully saturated rings. The molecule has 1 aliphatic carbocycles. The monoisotopic (exact) mass is 319 g/mol. The van der Waals surface area contributed by atoms with Crippen LogP contribution >= 0.6 is 0 Å². The molecule has 7 nitrogen and oxygen atoms in total. The SMILES string of the molecule is O=C(O)CCCNC(=O)NCc1cccc(C(=O)NC2CC2)c1. The first kappa shape index (κ1) is 16.8. The highest BCUT2D eigenvalue weighted by atomic mass is 16.4. The first-order chi connectivity index (χ1) is 11.0. The summed E-state index contributed by atoms with van der Waals surface area (Å²) in [5.74, 6) is -0.971. The van der Waals surface area contributed by atoms with Crippen molar-refractivity contribution in [3.05, 3.63) is 35.4 Å². The molecule has 4 N–H and O–H groups in total. The molecule has 0 heterocycles. The van der Waals surface area contributed by atoms with E-state index in [0.717, 1.165) is 18.4 Å². The van der Waals surface area contributed by atoms with Crippen molar-refractivity contribution < 1.29 is 19.5 Å². The topological polar surface area (TPSA) is 108 Å². The molecule has 0 radical (unpaired) electrons. The minimum absolute atomic E-state index is 0.0262. The predicted octanol–water partition coefficient (Wildman–Crippen LogP) is 1.24. The second-order valence-electron chi connectivity index (χ2n) is 5.55. The summed E-state index contributed by atoms with van der Waals surface area (Å²) in [6.45, 7) is 0.608. The summed E-state index contributed by atoms with van der Waals surface area (Å²) in [7, 11) is 0. The average Bonchev–Trinajstić information content (AvgIpc) is 3.33. The average molecular weight is 319 g/mol. The van der Waals surface area contributed by atoms with Crippen LogP contribution in [0.15, 0.2) is 24.3 Å². The molecule has 0 aromatic heterocycles. The molecule has 0 spiro atoms. The molecular formula is C16H21N3O4. The largest absolute Gasteiger partial charge is 0.481 e. The summed E-state index contributed by atoms with van der Waals surface area (Å²) in [6.07, 6.45) is 2.49. The summed E-state index contributed by atoms with van der Waals surface area (Å²) >= 11 is 0. The Labute approximate surface area is 134 Å². The van der Waals surface area contributed by atoms with Crippen LogP contribution in [0.25, 0.3) is 0 Å². The van der Waals surface area contributed by atoms with Crippen LogP contribution in [0.2, 0.25) is 0 Å². The first-order valence-corrected chi connectivity index (χ1v) is 7.68. The van der Waals surface area contributed by atoms with E-state index in [0.29, 0.717) is 31.1 Å². The molecule has 23 heavy (non-hydrogen) atoms. The highest BCUT2D eigenvalue weighted by Crippen LogP contribution is 2.19. The summed E-state index contributed by atoms with van der Waals surface area (Å²) in [6, 6.07) is 7.06. The van der Waals surface area contributed by atoms with Gasteiger partial charge in [0.2, 0.25) is 0 Å². The van der Waals surface area contributed by atoms with Gasteiger partial charge in [-0.25, -0.2) is 4.79 Å². The van der Waals surface area contributed by atoms with E-state index in [1.807, 2.05) is 6.07 Å². The number of hydrogen-bond donors (Lipinski definition) is 4. The lowest BCUT2D eigenvalue weighted by Crippen LogP contribution is -2.35. The molecule has 0 atom stereocenters. The molecule has 0 aliphatic heterocycles. The minimum atomic E-state index is -0.881. The number of carbonyl (C=O) groups is 3. The van der Waals surface area contributed by atoms with Crippen LogP contribution in [0.1, 0.15) is 41.6 Å². The zero-order valence-electron chi connectivity index (χ0n) is 12.8. The molecule has 1 aromatic rings. The Morgan fingerprint density at radius 3 is 2.65 bits per heavy atom. The number of nitrogens with one attached hydrogen (secondary N) is 3. The summed E-state index contributed by atoms with van der Waals surface area (Å²) in [5.41, 5.74) is 1.41. The number of carboxylic acids is 1. The van der Waals surface area contributed by atoms with Gasteiger partial charge < -0.3 is 21.1 Å². The van der Waals surface area contributed by atoms with Crippen molar-refractivity contribution >= 4 is 17.9 Å². The number of hydrogen-bond acceptors (Lipinski definition) is 3. The van der Waals surface area contributed by atoms with E-state index in [-0.39, 0.29) is 18.4 Å². The molecule has 7 heteroatoms. The second kappa shape index (κ2) is 8.17. The minimum Gasteiger partial charge on any atom is -0.481 e. The first-order valence-electron chi connectivity index (χ1n) is 7.68.